The van der Waals surface area contributed by atoms with Gasteiger partial charge >= 0.3 is 0 Å². The first kappa shape index (κ1) is 21.5. The van der Waals surface area contributed by atoms with Gasteiger partial charge in [-0.3, -0.25) is 9.59 Å². The molecule has 30 heavy (non-hydrogen) atoms. The van der Waals surface area contributed by atoms with Gasteiger partial charge in [0.15, 0.2) is 6.61 Å². The number of carbonyl (C=O) groups excluding carboxylic acids is 2. The first-order valence-corrected chi connectivity index (χ1v) is 10.8. The monoisotopic (exact) mass is 425 g/mol. The molecule has 1 atom stereocenters. The average Bonchev–Trinajstić information content (AvgIpc) is 3.27. The SMILES string of the molecule is CCCOc1ccc(OCC(=O)N2CSCC2C(=O)Nc2ccc(C#N)cc2)cc1. The summed E-state index contributed by atoms with van der Waals surface area (Å²) >= 11 is 1.52. The number of rotatable bonds is 8. The van der Waals surface area contributed by atoms with Gasteiger partial charge < -0.3 is 19.7 Å². The van der Waals surface area contributed by atoms with Crippen LogP contribution in [0.4, 0.5) is 5.69 Å². The van der Waals surface area contributed by atoms with Crippen LogP contribution in [0, 0.1) is 11.3 Å². The van der Waals surface area contributed by atoms with Crippen molar-refractivity contribution in [3.63, 3.8) is 0 Å². The zero-order chi connectivity index (χ0) is 21.3. The lowest BCUT2D eigenvalue weighted by Crippen LogP contribution is -2.46. The number of ether oxygens (including phenoxy) is 2. The molecule has 1 aliphatic heterocycles. The van der Waals surface area contributed by atoms with Gasteiger partial charge in [0.2, 0.25) is 5.91 Å². The molecule has 0 bridgehead atoms. The van der Waals surface area contributed by atoms with Gasteiger partial charge in [0, 0.05) is 11.4 Å². The number of anilines is 1. The second-order valence-electron chi connectivity index (χ2n) is 6.67. The number of nitrogens with one attached hydrogen (secondary N) is 1. The van der Waals surface area contributed by atoms with Crippen LogP contribution in [0.1, 0.15) is 18.9 Å². The molecule has 7 nitrogen and oxygen atoms in total. The van der Waals surface area contributed by atoms with Crippen molar-refractivity contribution < 1.29 is 19.1 Å². The Bertz CT molecular complexity index is 909. The van der Waals surface area contributed by atoms with E-state index in [2.05, 4.69) is 5.32 Å². The summed E-state index contributed by atoms with van der Waals surface area (Å²) in [6, 6.07) is 15.2. The lowest BCUT2D eigenvalue weighted by Gasteiger charge is -2.23. The minimum Gasteiger partial charge on any atom is -0.494 e. The Balaban J connectivity index is 1.53. The molecule has 2 amide bonds. The molecule has 0 radical (unpaired) electrons. The van der Waals surface area contributed by atoms with Crippen molar-refractivity contribution in [2.75, 3.05) is 30.2 Å². The number of amides is 2. The maximum absolute atomic E-state index is 12.6. The van der Waals surface area contributed by atoms with Gasteiger partial charge in [-0.05, 0) is 55.0 Å². The van der Waals surface area contributed by atoms with Crippen LogP contribution in [0.15, 0.2) is 48.5 Å². The van der Waals surface area contributed by atoms with Gasteiger partial charge in [0.05, 0.1) is 24.1 Å². The van der Waals surface area contributed by atoms with E-state index in [0.29, 0.717) is 35.2 Å². The quantitative estimate of drug-likeness (QED) is 0.698. The number of hydrogen-bond acceptors (Lipinski definition) is 6. The van der Waals surface area contributed by atoms with E-state index in [-0.39, 0.29) is 18.4 Å². The molecule has 8 heteroatoms. The Morgan fingerprint density at radius 3 is 2.43 bits per heavy atom. The number of benzene rings is 2. The number of thioether (sulfide) groups is 1. The normalized spacial score (nSPS) is 15.3. The van der Waals surface area contributed by atoms with Crippen LogP contribution >= 0.6 is 11.8 Å². The number of nitriles is 1. The highest BCUT2D eigenvalue weighted by Gasteiger charge is 2.34. The van der Waals surface area contributed by atoms with Crippen LogP contribution in [0.2, 0.25) is 0 Å². The average molecular weight is 426 g/mol. The Kier molecular flexibility index (Phi) is 7.57. The lowest BCUT2D eigenvalue weighted by atomic mass is 10.2. The second kappa shape index (κ2) is 10.6. The van der Waals surface area contributed by atoms with Crippen molar-refractivity contribution in [2.45, 2.75) is 19.4 Å². The van der Waals surface area contributed by atoms with E-state index >= 15 is 0 Å². The van der Waals surface area contributed by atoms with Crippen molar-refractivity contribution >= 4 is 29.3 Å². The minimum atomic E-state index is -0.563. The standard InChI is InChI=1S/C22H23N3O4S/c1-2-11-28-18-7-9-19(10-8-18)29-13-21(26)25-15-30-14-20(25)22(27)24-17-5-3-16(12-23)4-6-17/h3-10,20H,2,11,13-15H2,1H3,(H,24,27). The number of hydrogen-bond donors (Lipinski definition) is 1. The summed E-state index contributed by atoms with van der Waals surface area (Å²) in [5.74, 6) is 1.79. The summed E-state index contributed by atoms with van der Waals surface area (Å²) in [5.41, 5.74) is 1.10. The van der Waals surface area contributed by atoms with Crippen molar-refractivity contribution in [2.24, 2.45) is 0 Å². The van der Waals surface area contributed by atoms with Gasteiger partial charge in [-0.25, -0.2) is 0 Å². The summed E-state index contributed by atoms with van der Waals surface area (Å²) in [7, 11) is 0. The Morgan fingerprint density at radius 2 is 1.80 bits per heavy atom. The maximum atomic E-state index is 12.6. The molecule has 1 aliphatic rings. The molecule has 156 valence electrons. The fourth-order valence-electron chi connectivity index (χ4n) is 2.84. The predicted octanol–water partition coefficient (Wildman–Crippen LogP) is 3.27. The van der Waals surface area contributed by atoms with E-state index < -0.39 is 6.04 Å². The molecular weight excluding hydrogens is 402 g/mol. The topological polar surface area (TPSA) is 91.7 Å². The van der Waals surface area contributed by atoms with Crippen LogP contribution in [0.25, 0.3) is 0 Å². The van der Waals surface area contributed by atoms with E-state index in [9.17, 15) is 9.59 Å². The summed E-state index contributed by atoms with van der Waals surface area (Å²) in [4.78, 5) is 26.8. The molecule has 1 N–H and O–H groups in total. The molecule has 0 aromatic heterocycles. The first-order chi connectivity index (χ1) is 14.6. The smallest absolute Gasteiger partial charge is 0.261 e. The number of nitrogens with zero attached hydrogens (tertiary/aromatic N) is 2. The van der Waals surface area contributed by atoms with Crippen molar-refractivity contribution in [1.29, 1.82) is 5.26 Å². The third-order valence-corrected chi connectivity index (χ3v) is 5.46. The Labute approximate surface area is 180 Å². The molecule has 2 aromatic rings. The first-order valence-electron chi connectivity index (χ1n) is 9.64. The van der Waals surface area contributed by atoms with Crippen LogP contribution in [0.3, 0.4) is 0 Å². The maximum Gasteiger partial charge on any atom is 0.261 e. The fraction of sp³-hybridized carbons (Fsp3) is 0.318. The summed E-state index contributed by atoms with van der Waals surface area (Å²) in [5, 5.41) is 11.7. The molecule has 0 spiro atoms. The highest BCUT2D eigenvalue weighted by molar-refractivity contribution is 7.99. The van der Waals surface area contributed by atoms with Crippen molar-refractivity contribution in [3.05, 3.63) is 54.1 Å². The molecule has 3 rings (SSSR count). The molecule has 1 saturated heterocycles. The third-order valence-electron chi connectivity index (χ3n) is 4.45. The van der Waals surface area contributed by atoms with E-state index in [1.807, 2.05) is 13.0 Å². The minimum absolute atomic E-state index is 0.142. The zero-order valence-electron chi connectivity index (χ0n) is 16.7. The molecule has 1 heterocycles. The molecule has 2 aromatic carbocycles. The van der Waals surface area contributed by atoms with Crippen LogP contribution in [-0.4, -0.2) is 47.6 Å². The summed E-state index contributed by atoms with van der Waals surface area (Å²) in [6.45, 7) is 2.55. The summed E-state index contributed by atoms with van der Waals surface area (Å²) < 4.78 is 11.1. The van der Waals surface area contributed by atoms with Gasteiger partial charge in [-0.1, -0.05) is 6.92 Å². The van der Waals surface area contributed by atoms with Gasteiger partial charge in [0.25, 0.3) is 5.91 Å². The van der Waals surface area contributed by atoms with Gasteiger partial charge in [0.1, 0.15) is 17.5 Å². The third kappa shape index (κ3) is 5.67. The van der Waals surface area contributed by atoms with E-state index in [0.717, 1.165) is 12.2 Å². The Hall–Kier alpha value is -3.18. The van der Waals surface area contributed by atoms with Gasteiger partial charge in [-0.15, -0.1) is 11.8 Å². The van der Waals surface area contributed by atoms with E-state index in [1.165, 1.54) is 16.7 Å². The highest BCUT2D eigenvalue weighted by atomic mass is 32.2. The van der Waals surface area contributed by atoms with Crippen molar-refractivity contribution in [3.8, 4) is 17.6 Å². The van der Waals surface area contributed by atoms with Gasteiger partial charge in [-0.2, -0.15) is 5.26 Å². The Morgan fingerprint density at radius 1 is 1.13 bits per heavy atom. The molecule has 0 saturated carbocycles. The van der Waals surface area contributed by atoms with Crippen LogP contribution in [0.5, 0.6) is 11.5 Å². The van der Waals surface area contributed by atoms with E-state index in [4.69, 9.17) is 14.7 Å². The lowest BCUT2D eigenvalue weighted by molar-refractivity contribution is -0.137. The summed E-state index contributed by atoms with van der Waals surface area (Å²) in [6.07, 6.45) is 0.931. The fourth-order valence-corrected chi connectivity index (χ4v) is 4.02. The molecule has 1 unspecified atom stereocenters. The predicted molar refractivity (Wildman–Crippen MR) is 115 cm³/mol. The van der Waals surface area contributed by atoms with Crippen LogP contribution < -0.4 is 14.8 Å². The van der Waals surface area contributed by atoms with Crippen LogP contribution in [-0.2, 0) is 9.59 Å². The molecule has 0 aliphatic carbocycles. The van der Waals surface area contributed by atoms with E-state index in [1.54, 1.807) is 48.5 Å². The van der Waals surface area contributed by atoms with Crippen molar-refractivity contribution in [1.82, 2.24) is 4.90 Å². The highest BCUT2D eigenvalue weighted by Crippen LogP contribution is 2.23. The zero-order valence-corrected chi connectivity index (χ0v) is 17.5. The number of carbonyl (C=O) groups is 2. The molecule has 1 fully saturated rings. The largest absolute Gasteiger partial charge is 0.494 e. The molecular formula is C22H23N3O4S. The second-order valence-corrected chi connectivity index (χ2v) is 7.67.